The van der Waals surface area contributed by atoms with Gasteiger partial charge in [0.05, 0.1) is 16.3 Å². The van der Waals surface area contributed by atoms with Crippen LogP contribution in [0.1, 0.15) is 5.69 Å². The second kappa shape index (κ2) is 5.97. The molecule has 0 aliphatic rings. The van der Waals surface area contributed by atoms with E-state index in [1.165, 1.54) is 0 Å². The van der Waals surface area contributed by atoms with Gasteiger partial charge in [0.15, 0.2) is 4.96 Å². The van der Waals surface area contributed by atoms with Crippen LogP contribution in [0.4, 0.5) is 0 Å². The minimum absolute atomic E-state index is 0.846. The fraction of sp³-hybridized carbons (Fsp3) is 0.0476. The Labute approximate surface area is 154 Å². The van der Waals surface area contributed by atoms with Gasteiger partial charge in [0.25, 0.3) is 0 Å². The smallest absolute Gasteiger partial charge is 0.195 e. The topological polar surface area (TPSA) is 43.3 Å². The lowest BCUT2D eigenvalue weighted by Gasteiger charge is -2.06. The first-order valence-electron chi connectivity index (χ1n) is 8.36. The average Bonchev–Trinajstić information content (AvgIpc) is 3.40. The van der Waals surface area contributed by atoms with E-state index >= 15 is 0 Å². The maximum Gasteiger partial charge on any atom is 0.195 e. The summed E-state index contributed by atoms with van der Waals surface area (Å²) in [5, 5.41) is 4.10. The highest BCUT2D eigenvalue weighted by molar-refractivity contribution is 7.20. The zero-order valence-electron chi connectivity index (χ0n) is 14.1. The maximum absolute atomic E-state index is 5.03. The van der Waals surface area contributed by atoms with E-state index in [1.54, 1.807) is 17.6 Å². The average molecular weight is 357 g/mol. The van der Waals surface area contributed by atoms with E-state index in [4.69, 9.17) is 9.51 Å². The van der Waals surface area contributed by atoms with Crippen molar-refractivity contribution in [2.75, 3.05) is 0 Å². The molecule has 4 nitrogen and oxygen atoms in total. The van der Waals surface area contributed by atoms with Crippen molar-refractivity contribution in [2.45, 2.75) is 6.92 Å². The van der Waals surface area contributed by atoms with Crippen LogP contribution in [0.25, 0.3) is 38.0 Å². The SMILES string of the molecule is Cc1c(-c2ccon2)sc2nc(-c3ccccc3)c(-c3ccccc3)n12. The van der Waals surface area contributed by atoms with Crippen LogP contribution in [-0.2, 0) is 0 Å². The van der Waals surface area contributed by atoms with Crippen LogP contribution in [0, 0.1) is 6.92 Å². The Morgan fingerprint density at radius 2 is 1.58 bits per heavy atom. The highest BCUT2D eigenvalue weighted by Crippen LogP contribution is 2.39. The van der Waals surface area contributed by atoms with Crippen molar-refractivity contribution in [3.63, 3.8) is 0 Å². The Balaban J connectivity index is 1.84. The summed E-state index contributed by atoms with van der Waals surface area (Å²) >= 11 is 1.64. The molecule has 0 bridgehead atoms. The van der Waals surface area contributed by atoms with E-state index in [9.17, 15) is 0 Å². The molecule has 26 heavy (non-hydrogen) atoms. The van der Waals surface area contributed by atoms with E-state index in [1.807, 2.05) is 30.3 Å². The van der Waals surface area contributed by atoms with Gasteiger partial charge in [-0.1, -0.05) is 77.2 Å². The standard InChI is InChI=1S/C21H15N3OS/c1-14-20(17-12-13-25-23-17)26-21-22-18(15-8-4-2-5-9-15)19(24(14)21)16-10-6-3-7-11-16/h2-13H,1H3. The van der Waals surface area contributed by atoms with Gasteiger partial charge in [0, 0.05) is 22.9 Å². The van der Waals surface area contributed by atoms with E-state index in [2.05, 4.69) is 52.9 Å². The molecular weight excluding hydrogens is 342 g/mol. The Hall–Kier alpha value is -3.18. The van der Waals surface area contributed by atoms with Gasteiger partial charge >= 0.3 is 0 Å². The summed E-state index contributed by atoms with van der Waals surface area (Å²) < 4.78 is 7.26. The molecule has 3 aromatic heterocycles. The number of aromatic nitrogens is 3. The molecule has 126 valence electrons. The lowest BCUT2D eigenvalue weighted by molar-refractivity contribution is 0.422. The molecule has 5 aromatic rings. The number of aryl methyl sites for hydroxylation is 1. The molecule has 0 saturated heterocycles. The summed E-state index contributed by atoms with van der Waals surface area (Å²) in [5.41, 5.74) is 6.33. The third kappa shape index (κ3) is 2.29. The first-order chi connectivity index (χ1) is 12.8. The molecule has 0 amide bonds. The molecule has 0 spiro atoms. The van der Waals surface area contributed by atoms with Crippen LogP contribution in [0.3, 0.4) is 0 Å². The lowest BCUT2D eigenvalue weighted by atomic mass is 10.0. The number of thiazole rings is 1. The molecule has 0 atom stereocenters. The van der Waals surface area contributed by atoms with Crippen molar-refractivity contribution in [3.05, 3.63) is 78.7 Å². The predicted molar refractivity (Wildman–Crippen MR) is 104 cm³/mol. The van der Waals surface area contributed by atoms with Crippen LogP contribution < -0.4 is 0 Å². The summed E-state index contributed by atoms with van der Waals surface area (Å²) in [5.74, 6) is 0. The third-order valence-corrected chi connectivity index (χ3v) is 5.63. The number of nitrogens with zero attached hydrogens (tertiary/aromatic N) is 3. The highest BCUT2D eigenvalue weighted by atomic mass is 32.1. The Morgan fingerprint density at radius 3 is 2.23 bits per heavy atom. The number of fused-ring (bicyclic) bond motifs is 1. The molecule has 0 N–H and O–H groups in total. The van der Waals surface area contributed by atoms with Crippen molar-refractivity contribution in [1.82, 2.24) is 14.5 Å². The summed E-state index contributed by atoms with van der Waals surface area (Å²) in [6.07, 6.45) is 1.60. The summed E-state index contributed by atoms with van der Waals surface area (Å²) in [4.78, 5) is 7.01. The lowest BCUT2D eigenvalue weighted by Crippen LogP contribution is -1.92. The van der Waals surface area contributed by atoms with Gasteiger partial charge in [0.1, 0.15) is 12.0 Å². The molecule has 0 saturated carbocycles. The molecule has 3 heterocycles. The van der Waals surface area contributed by atoms with Crippen molar-refractivity contribution < 1.29 is 4.52 Å². The third-order valence-electron chi connectivity index (χ3n) is 4.47. The van der Waals surface area contributed by atoms with Gasteiger partial charge in [-0.15, -0.1) is 0 Å². The molecule has 5 rings (SSSR count). The number of hydrogen-bond donors (Lipinski definition) is 0. The van der Waals surface area contributed by atoms with Gasteiger partial charge in [-0.05, 0) is 6.92 Å². The zero-order chi connectivity index (χ0) is 17.5. The number of hydrogen-bond acceptors (Lipinski definition) is 4. The Kier molecular flexibility index (Phi) is 3.47. The maximum atomic E-state index is 5.03. The van der Waals surface area contributed by atoms with Gasteiger partial charge in [-0.25, -0.2) is 4.98 Å². The normalized spacial score (nSPS) is 11.3. The van der Waals surface area contributed by atoms with E-state index in [0.29, 0.717) is 0 Å². The number of imidazole rings is 1. The molecule has 2 aromatic carbocycles. The van der Waals surface area contributed by atoms with Crippen LogP contribution >= 0.6 is 11.3 Å². The molecule has 0 fully saturated rings. The first-order valence-corrected chi connectivity index (χ1v) is 9.18. The van der Waals surface area contributed by atoms with Crippen LogP contribution in [-0.4, -0.2) is 14.5 Å². The number of benzene rings is 2. The fourth-order valence-electron chi connectivity index (χ4n) is 3.27. The van der Waals surface area contributed by atoms with E-state index < -0.39 is 0 Å². The molecule has 0 unspecified atom stereocenters. The molecule has 0 aliphatic heterocycles. The van der Waals surface area contributed by atoms with Gasteiger partial charge < -0.3 is 4.52 Å². The molecule has 5 heteroatoms. The fourth-order valence-corrected chi connectivity index (χ4v) is 4.36. The minimum atomic E-state index is 0.846. The van der Waals surface area contributed by atoms with Crippen LogP contribution in [0.2, 0.25) is 0 Å². The van der Waals surface area contributed by atoms with Gasteiger partial charge in [0.2, 0.25) is 0 Å². The van der Waals surface area contributed by atoms with Crippen LogP contribution in [0.15, 0.2) is 77.5 Å². The van der Waals surface area contributed by atoms with Crippen molar-refractivity contribution in [2.24, 2.45) is 0 Å². The minimum Gasteiger partial charge on any atom is -0.364 e. The quantitative estimate of drug-likeness (QED) is 0.416. The molecular formula is C21H15N3OS. The van der Waals surface area contributed by atoms with Crippen molar-refractivity contribution >= 4 is 16.3 Å². The molecule has 0 aliphatic carbocycles. The van der Waals surface area contributed by atoms with Gasteiger partial charge in [-0.2, -0.15) is 0 Å². The number of rotatable bonds is 3. The monoisotopic (exact) mass is 357 g/mol. The Bertz CT molecular complexity index is 1170. The zero-order valence-corrected chi connectivity index (χ0v) is 14.9. The van der Waals surface area contributed by atoms with Gasteiger partial charge in [-0.3, -0.25) is 4.40 Å². The van der Waals surface area contributed by atoms with Crippen molar-refractivity contribution in [3.8, 4) is 33.1 Å². The molecule has 0 radical (unpaired) electrons. The van der Waals surface area contributed by atoms with Crippen LogP contribution in [0.5, 0.6) is 0 Å². The highest BCUT2D eigenvalue weighted by Gasteiger charge is 2.22. The predicted octanol–water partition coefficient (Wildman–Crippen LogP) is 5.69. The summed E-state index contributed by atoms with van der Waals surface area (Å²) in [6.45, 7) is 2.11. The Morgan fingerprint density at radius 1 is 0.885 bits per heavy atom. The second-order valence-electron chi connectivity index (χ2n) is 6.06. The second-order valence-corrected chi connectivity index (χ2v) is 7.04. The summed E-state index contributed by atoms with van der Waals surface area (Å²) in [6, 6.07) is 22.6. The van der Waals surface area contributed by atoms with Crippen molar-refractivity contribution in [1.29, 1.82) is 0 Å². The van der Waals surface area contributed by atoms with E-state index in [-0.39, 0.29) is 0 Å². The largest absolute Gasteiger partial charge is 0.364 e. The van der Waals surface area contributed by atoms with E-state index in [0.717, 1.165) is 43.7 Å². The first kappa shape index (κ1) is 15.1. The summed E-state index contributed by atoms with van der Waals surface area (Å²) in [7, 11) is 0.